The molecule has 0 heterocycles. The Bertz CT molecular complexity index is 497. The van der Waals surface area contributed by atoms with E-state index in [1.807, 2.05) is 32.2 Å². The number of carbonyl (C=O) groups excluding carboxylic acids is 1. The fourth-order valence-corrected chi connectivity index (χ4v) is 1.71. The van der Waals surface area contributed by atoms with E-state index in [1.54, 1.807) is 6.07 Å². The molecule has 2 N–H and O–H groups in total. The molecule has 0 saturated heterocycles. The molecule has 0 spiro atoms. The van der Waals surface area contributed by atoms with Crippen LogP contribution in [0, 0.1) is 11.3 Å². The lowest BCUT2D eigenvalue weighted by Gasteiger charge is -2.13. The van der Waals surface area contributed by atoms with Gasteiger partial charge < -0.3 is 20.1 Å². The van der Waals surface area contributed by atoms with Crippen LogP contribution in [0.15, 0.2) is 18.2 Å². The second-order valence-corrected chi connectivity index (χ2v) is 4.29. The molecule has 114 valence electrons. The van der Waals surface area contributed by atoms with E-state index in [9.17, 15) is 4.79 Å². The molecule has 0 fully saturated rings. The zero-order chi connectivity index (χ0) is 15.5. The molecule has 6 heteroatoms. The van der Waals surface area contributed by atoms with E-state index < -0.39 is 0 Å². The first-order valence-corrected chi connectivity index (χ1v) is 6.88. The average Bonchev–Trinajstić information content (AvgIpc) is 2.47. The monoisotopic (exact) mass is 291 g/mol. The van der Waals surface area contributed by atoms with E-state index >= 15 is 0 Å². The first-order chi connectivity index (χ1) is 10.2. The third-order valence-corrected chi connectivity index (χ3v) is 2.61. The van der Waals surface area contributed by atoms with Gasteiger partial charge in [0.2, 0.25) is 0 Å². The molecule has 0 saturated carbocycles. The van der Waals surface area contributed by atoms with Crippen molar-refractivity contribution in [3.05, 3.63) is 23.8 Å². The van der Waals surface area contributed by atoms with Crippen LogP contribution in [-0.2, 0) is 11.3 Å². The number of carbonyl (C=O) groups is 1. The molecule has 21 heavy (non-hydrogen) atoms. The van der Waals surface area contributed by atoms with Crippen LogP contribution in [-0.4, -0.2) is 32.7 Å². The van der Waals surface area contributed by atoms with E-state index in [4.69, 9.17) is 14.7 Å². The third-order valence-electron chi connectivity index (χ3n) is 2.61. The predicted molar refractivity (Wildman–Crippen MR) is 79.1 cm³/mol. The number of nitriles is 1. The Kier molecular flexibility index (Phi) is 7.69. The molecule has 1 aromatic carbocycles. The molecule has 0 aliphatic heterocycles. The van der Waals surface area contributed by atoms with Crippen LogP contribution in [0.1, 0.15) is 18.9 Å². The van der Waals surface area contributed by atoms with Crippen LogP contribution >= 0.6 is 0 Å². The molecule has 1 rings (SSSR count). The summed E-state index contributed by atoms with van der Waals surface area (Å²) in [6.07, 6.45) is 0.286. The summed E-state index contributed by atoms with van der Waals surface area (Å²) in [5.41, 5.74) is 1.08. The van der Waals surface area contributed by atoms with Crippen molar-refractivity contribution >= 4 is 5.91 Å². The molecule has 1 amide bonds. The highest BCUT2D eigenvalue weighted by molar-refractivity contribution is 5.77. The van der Waals surface area contributed by atoms with Gasteiger partial charge in [0.15, 0.2) is 18.1 Å². The van der Waals surface area contributed by atoms with Crippen molar-refractivity contribution in [1.82, 2.24) is 10.6 Å². The van der Waals surface area contributed by atoms with Gasteiger partial charge in [0.05, 0.1) is 19.1 Å². The Hall–Kier alpha value is -2.26. The standard InChI is InChI=1S/C15H21N3O3/c1-3-20-14-9-12(10-17-2)5-6-13(14)21-11-15(19)18-8-4-7-16/h5-6,9,17H,3-4,8,10-11H2,1-2H3,(H,18,19). The minimum atomic E-state index is -0.257. The van der Waals surface area contributed by atoms with Gasteiger partial charge >= 0.3 is 0 Å². The molecule has 0 atom stereocenters. The van der Waals surface area contributed by atoms with Gasteiger partial charge in [-0.2, -0.15) is 5.26 Å². The Labute approximate surface area is 125 Å². The maximum absolute atomic E-state index is 11.5. The number of hydrogen-bond donors (Lipinski definition) is 2. The summed E-state index contributed by atoms with van der Waals surface area (Å²) in [5, 5.41) is 14.1. The minimum Gasteiger partial charge on any atom is -0.490 e. The van der Waals surface area contributed by atoms with Crippen LogP contribution in [0.2, 0.25) is 0 Å². The quantitative estimate of drug-likeness (QED) is 0.668. The largest absolute Gasteiger partial charge is 0.490 e. The summed E-state index contributed by atoms with van der Waals surface area (Å²) in [7, 11) is 1.87. The van der Waals surface area contributed by atoms with Gasteiger partial charge in [0.1, 0.15) is 0 Å². The number of nitrogens with one attached hydrogen (secondary N) is 2. The van der Waals surface area contributed by atoms with Crippen molar-refractivity contribution < 1.29 is 14.3 Å². The Morgan fingerprint density at radius 1 is 1.33 bits per heavy atom. The Balaban J connectivity index is 2.60. The number of ether oxygens (including phenoxy) is 2. The number of hydrogen-bond acceptors (Lipinski definition) is 5. The molecule has 0 unspecified atom stereocenters. The highest BCUT2D eigenvalue weighted by Crippen LogP contribution is 2.28. The number of benzene rings is 1. The molecular weight excluding hydrogens is 270 g/mol. The van der Waals surface area contributed by atoms with E-state index in [0.717, 1.165) is 12.1 Å². The summed E-state index contributed by atoms with van der Waals surface area (Å²) in [4.78, 5) is 11.5. The summed E-state index contributed by atoms with van der Waals surface area (Å²) in [5.74, 6) is 0.897. The van der Waals surface area contributed by atoms with E-state index in [2.05, 4.69) is 10.6 Å². The van der Waals surface area contributed by atoms with Crippen LogP contribution in [0.5, 0.6) is 11.5 Å². The van der Waals surface area contributed by atoms with Crippen molar-refractivity contribution in [2.75, 3.05) is 26.8 Å². The first kappa shape index (κ1) is 16.8. The summed E-state index contributed by atoms with van der Waals surface area (Å²) < 4.78 is 11.0. The van der Waals surface area contributed by atoms with Crippen LogP contribution in [0.3, 0.4) is 0 Å². The zero-order valence-electron chi connectivity index (χ0n) is 12.4. The number of nitrogens with zero attached hydrogens (tertiary/aromatic N) is 1. The smallest absolute Gasteiger partial charge is 0.257 e. The van der Waals surface area contributed by atoms with Crippen LogP contribution < -0.4 is 20.1 Å². The highest BCUT2D eigenvalue weighted by Gasteiger charge is 2.09. The fourth-order valence-electron chi connectivity index (χ4n) is 1.71. The Morgan fingerprint density at radius 3 is 2.81 bits per heavy atom. The fraction of sp³-hybridized carbons (Fsp3) is 0.467. The third kappa shape index (κ3) is 6.15. The summed E-state index contributed by atoms with van der Waals surface area (Å²) in [6.45, 7) is 3.38. The van der Waals surface area contributed by atoms with Crippen molar-refractivity contribution in [1.29, 1.82) is 5.26 Å². The maximum atomic E-state index is 11.5. The van der Waals surface area contributed by atoms with Gasteiger partial charge in [0.25, 0.3) is 5.91 Å². The van der Waals surface area contributed by atoms with Gasteiger partial charge in [0, 0.05) is 13.1 Å². The maximum Gasteiger partial charge on any atom is 0.257 e. The molecule has 0 aliphatic carbocycles. The normalized spacial score (nSPS) is 9.76. The van der Waals surface area contributed by atoms with E-state index in [0.29, 0.717) is 24.7 Å². The number of rotatable bonds is 9. The molecule has 6 nitrogen and oxygen atoms in total. The van der Waals surface area contributed by atoms with Gasteiger partial charge in [-0.25, -0.2) is 0 Å². The minimum absolute atomic E-state index is 0.100. The highest BCUT2D eigenvalue weighted by atomic mass is 16.5. The summed E-state index contributed by atoms with van der Waals surface area (Å²) in [6, 6.07) is 7.56. The van der Waals surface area contributed by atoms with Gasteiger partial charge in [-0.05, 0) is 31.7 Å². The van der Waals surface area contributed by atoms with Crippen LogP contribution in [0.25, 0.3) is 0 Å². The summed E-state index contributed by atoms with van der Waals surface area (Å²) >= 11 is 0. The molecular formula is C15H21N3O3. The zero-order valence-corrected chi connectivity index (χ0v) is 12.4. The van der Waals surface area contributed by atoms with Crippen molar-refractivity contribution in [2.45, 2.75) is 19.9 Å². The van der Waals surface area contributed by atoms with E-state index in [1.165, 1.54) is 0 Å². The van der Waals surface area contributed by atoms with Crippen molar-refractivity contribution in [2.24, 2.45) is 0 Å². The van der Waals surface area contributed by atoms with Gasteiger partial charge in [-0.3, -0.25) is 4.79 Å². The second kappa shape index (κ2) is 9.61. The Morgan fingerprint density at radius 2 is 2.14 bits per heavy atom. The molecule has 0 radical (unpaired) electrons. The van der Waals surface area contributed by atoms with Crippen molar-refractivity contribution in [3.63, 3.8) is 0 Å². The van der Waals surface area contributed by atoms with E-state index in [-0.39, 0.29) is 18.9 Å². The van der Waals surface area contributed by atoms with Gasteiger partial charge in [-0.15, -0.1) is 0 Å². The lowest BCUT2D eigenvalue weighted by atomic mass is 10.2. The first-order valence-electron chi connectivity index (χ1n) is 6.88. The number of amides is 1. The SMILES string of the molecule is CCOc1cc(CNC)ccc1OCC(=O)NCCC#N. The molecule has 1 aromatic rings. The lowest BCUT2D eigenvalue weighted by Crippen LogP contribution is -2.29. The molecule has 0 bridgehead atoms. The molecule has 0 aliphatic rings. The predicted octanol–water partition coefficient (Wildman–Crippen LogP) is 1.21. The molecule has 0 aromatic heterocycles. The van der Waals surface area contributed by atoms with Crippen molar-refractivity contribution in [3.8, 4) is 17.6 Å². The lowest BCUT2D eigenvalue weighted by molar-refractivity contribution is -0.123. The average molecular weight is 291 g/mol. The second-order valence-electron chi connectivity index (χ2n) is 4.29. The van der Waals surface area contributed by atoms with Crippen LogP contribution in [0.4, 0.5) is 0 Å². The topological polar surface area (TPSA) is 83.4 Å². The van der Waals surface area contributed by atoms with Gasteiger partial charge in [-0.1, -0.05) is 6.07 Å².